The first-order valence-corrected chi connectivity index (χ1v) is 15.4. The number of amides is 1. The number of hydrogen-bond acceptors (Lipinski definition) is 6. The van der Waals surface area contributed by atoms with Crippen molar-refractivity contribution in [2.24, 2.45) is 10.8 Å². The van der Waals surface area contributed by atoms with E-state index in [4.69, 9.17) is 14.2 Å². The third kappa shape index (κ3) is 4.11. The van der Waals surface area contributed by atoms with E-state index >= 15 is 0 Å². The lowest BCUT2D eigenvalue weighted by molar-refractivity contribution is -0.211. The Hall–Kier alpha value is -3.29. The highest BCUT2D eigenvalue weighted by Gasteiger charge is 2.73. The van der Waals surface area contributed by atoms with E-state index in [1.165, 1.54) is 12.8 Å². The van der Waals surface area contributed by atoms with Crippen molar-refractivity contribution in [1.82, 2.24) is 15.1 Å². The fourth-order valence-corrected chi connectivity index (χ4v) is 8.22. The summed E-state index contributed by atoms with van der Waals surface area (Å²) in [6, 6.07) is 10.0. The molecule has 8 heteroatoms. The van der Waals surface area contributed by atoms with Gasteiger partial charge in [-0.05, 0) is 107 Å². The fourth-order valence-electron chi connectivity index (χ4n) is 8.22. The van der Waals surface area contributed by atoms with E-state index in [0.717, 1.165) is 72.8 Å². The summed E-state index contributed by atoms with van der Waals surface area (Å²) in [6.07, 6.45) is 13.1. The van der Waals surface area contributed by atoms with Crippen molar-refractivity contribution in [3.05, 3.63) is 54.4 Å². The van der Waals surface area contributed by atoms with Crippen LogP contribution >= 0.6 is 0 Å². The molecule has 7 nitrogen and oxygen atoms in total. The van der Waals surface area contributed by atoms with Crippen molar-refractivity contribution in [3.63, 3.8) is 0 Å². The van der Waals surface area contributed by atoms with Crippen LogP contribution in [0.15, 0.2) is 47.2 Å². The zero-order chi connectivity index (χ0) is 27.9. The molecule has 7 aliphatic carbocycles. The van der Waals surface area contributed by atoms with Gasteiger partial charge in [-0.15, -0.1) is 0 Å². The van der Waals surface area contributed by atoms with E-state index in [-0.39, 0.29) is 16.7 Å². The van der Waals surface area contributed by atoms with Crippen LogP contribution in [-0.2, 0) is 10.2 Å². The van der Waals surface area contributed by atoms with Crippen molar-refractivity contribution >= 4 is 11.6 Å². The monoisotopic (exact) mass is 556 g/mol. The van der Waals surface area contributed by atoms with Crippen LogP contribution in [-0.4, -0.2) is 39.9 Å². The van der Waals surface area contributed by atoms with Crippen molar-refractivity contribution in [2.45, 2.75) is 94.6 Å². The number of alkyl halides is 1. The molecule has 7 aliphatic rings. The number of fused-ring (bicyclic) bond motifs is 3. The molecule has 0 radical (unpaired) electrons. The number of anilines is 1. The first-order valence-electron chi connectivity index (χ1n) is 15.4. The summed E-state index contributed by atoms with van der Waals surface area (Å²) >= 11 is 0. The zero-order valence-corrected chi connectivity index (χ0v) is 23.7. The number of halogens is 1. The Balaban J connectivity index is 1.06. The molecular weight excluding hydrogens is 519 g/mol. The minimum Gasteiger partial charge on any atom is -0.494 e. The number of hydrogen-bond donors (Lipinski definition) is 0. The first kappa shape index (κ1) is 25.4. The van der Waals surface area contributed by atoms with E-state index in [0.29, 0.717) is 38.3 Å². The zero-order valence-electron chi connectivity index (χ0n) is 23.7. The standard InChI is InChI=1S/C33H37FN4O3/c1-2-40-26-7-5-22(6-8-26)24-15-25(17-35-16-24)38(29(39)32-18-33(34,19-32)20-32)21-30-9-12-31(13-10-30,14-11-30)28-36-27(37-41-28)23-3-4-23/h5-8,15-17,23H,2-4,9-14,18-21H2,1H3. The molecule has 7 fully saturated rings. The second kappa shape index (κ2) is 8.85. The number of carbonyl (C=O) groups is 1. The molecule has 4 bridgehead atoms. The SMILES string of the molecule is CCOc1ccc(-c2cncc(N(CC34CCC(c5nc(C6CC6)no5)(CC3)CC4)C(=O)C34CC(F)(C3)C4)c2)cc1. The number of pyridine rings is 1. The minimum atomic E-state index is -1.12. The van der Waals surface area contributed by atoms with Crippen LogP contribution in [0.2, 0.25) is 0 Å². The lowest BCUT2D eigenvalue weighted by Crippen LogP contribution is -2.71. The molecule has 1 amide bonds. The van der Waals surface area contributed by atoms with Crippen molar-refractivity contribution in [2.75, 3.05) is 18.1 Å². The predicted octanol–water partition coefficient (Wildman–Crippen LogP) is 6.93. The van der Waals surface area contributed by atoms with Gasteiger partial charge in [0.2, 0.25) is 11.8 Å². The molecule has 7 saturated carbocycles. The van der Waals surface area contributed by atoms with Crippen molar-refractivity contribution < 1.29 is 18.4 Å². The molecular formula is C33H37FN4O3. The lowest BCUT2D eigenvalue weighted by Gasteiger charge is -2.65. The molecule has 0 atom stereocenters. The molecule has 3 aromatic rings. The molecule has 41 heavy (non-hydrogen) atoms. The number of aromatic nitrogens is 3. The van der Waals surface area contributed by atoms with Gasteiger partial charge in [-0.1, -0.05) is 17.3 Å². The molecule has 0 N–H and O–H groups in total. The van der Waals surface area contributed by atoms with Gasteiger partial charge in [0.25, 0.3) is 0 Å². The van der Waals surface area contributed by atoms with Gasteiger partial charge in [0.1, 0.15) is 11.4 Å². The molecule has 10 rings (SSSR count). The Kier molecular flexibility index (Phi) is 5.49. The third-order valence-corrected chi connectivity index (χ3v) is 10.9. The number of benzene rings is 1. The topological polar surface area (TPSA) is 81.3 Å². The van der Waals surface area contributed by atoms with Gasteiger partial charge >= 0.3 is 0 Å². The van der Waals surface area contributed by atoms with Crippen molar-refractivity contribution in [3.8, 4) is 16.9 Å². The molecule has 0 unspecified atom stereocenters. The van der Waals surface area contributed by atoms with E-state index in [1.807, 2.05) is 42.3 Å². The van der Waals surface area contributed by atoms with Crippen LogP contribution in [0, 0.1) is 10.8 Å². The average molecular weight is 557 g/mol. The Bertz CT molecular complexity index is 1450. The second-order valence-corrected chi connectivity index (χ2v) is 13.8. The van der Waals surface area contributed by atoms with E-state index < -0.39 is 11.1 Å². The highest BCUT2D eigenvalue weighted by Crippen LogP contribution is 2.70. The highest BCUT2D eigenvalue weighted by molar-refractivity contribution is 6.00. The molecule has 2 heterocycles. The van der Waals surface area contributed by atoms with Gasteiger partial charge in [-0.25, -0.2) is 4.39 Å². The Morgan fingerprint density at radius 3 is 2.37 bits per heavy atom. The molecule has 0 saturated heterocycles. The largest absolute Gasteiger partial charge is 0.494 e. The maximum Gasteiger partial charge on any atom is 0.233 e. The summed E-state index contributed by atoms with van der Waals surface area (Å²) < 4.78 is 26.0. The lowest BCUT2D eigenvalue weighted by atomic mass is 9.41. The smallest absolute Gasteiger partial charge is 0.233 e. The van der Waals surface area contributed by atoms with Crippen LogP contribution in [0.1, 0.15) is 95.2 Å². The predicted molar refractivity (Wildman–Crippen MR) is 151 cm³/mol. The third-order valence-electron chi connectivity index (χ3n) is 10.9. The molecule has 2 aromatic heterocycles. The number of carbonyl (C=O) groups excluding carboxylic acids is 1. The molecule has 0 spiro atoms. The summed E-state index contributed by atoms with van der Waals surface area (Å²) in [6.45, 7) is 3.24. The minimum absolute atomic E-state index is 0.0275. The van der Waals surface area contributed by atoms with Crippen LogP contribution in [0.3, 0.4) is 0 Å². The summed E-state index contributed by atoms with van der Waals surface area (Å²) in [5.41, 5.74) is 1.11. The Labute approximate surface area is 239 Å². The van der Waals surface area contributed by atoms with Gasteiger partial charge in [0.15, 0.2) is 5.82 Å². The number of ether oxygens (including phenoxy) is 1. The molecule has 0 aliphatic heterocycles. The first-order chi connectivity index (χ1) is 19.8. The van der Waals surface area contributed by atoms with Crippen LogP contribution in [0.4, 0.5) is 10.1 Å². The van der Waals surface area contributed by atoms with Crippen molar-refractivity contribution in [1.29, 1.82) is 0 Å². The average Bonchev–Trinajstić information content (AvgIpc) is 3.70. The summed E-state index contributed by atoms with van der Waals surface area (Å²) in [5.74, 6) is 3.11. The second-order valence-electron chi connectivity index (χ2n) is 13.8. The van der Waals surface area contributed by atoms with Gasteiger partial charge < -0.3 is 14.2 Å². The maximum absolute atomic E-state index is 14.6. The van der Waals surface area contributed by atoms with E-state index in [2.05, 4.69) is 16.2 Å². The van der Waals surface area contributed by atoms with Gasteiger partial charge in [-0.2, -0.15) is 4.98 Å². The molecule has 214 valence electrons. The maximum atomic E-state index is 14.6. The Morgan fingerprint density at radius 2 is 1.73 bits per heavy atom. The van der Waals surface area contributed by atoms with E-state index in [1.54, 1.807) is 6.20 Å². The van der Waals surface area contributed by atoms with Crippen LogP contribution in [0.5, 0.6) is 5.75 Å². The summed E-state index contributed by atoms with van der Waals surface area (Å²) in [5, 5.41) is 4.31. The quantitative estimate of drug-likeness (QED) is 0.284. The van der Waals surface area contributed by atoms with Crippen LogP contribution < -0.4 is 9.64 Å². The highest BCUT2D eigenvalue weighted by atomic mass is 19.1. The van der Waals surface area contributed by atoms with Gasteiger partial charge in [0, 0.05) is 29.6 Å². The summed E-state index contributed by atoms with van der Waals surface area (Å²) in [7, 11) is 0. The van der Waals surface area contributed by atoms with Gasteiger partial charge in [-0.3, -0.25) is 9.78 Å². The molecule has 1 aromatic carbocycles. The number of nitrogens with zero attached hydrogens (tertiary/aromatic N) is 4. The Morgan fingerprint density at radius 1 is 1.02 bits per heavy atom. The van der Waals surface area contributed by atoms with E-state index in [9.17, 15) is 9.18 Å². The van der Waals surface area contributed by atoms with Gasteiger partial charge in [0.05, 0.1) is 23.9 Å². The fraction of sp³-hybridized carbons (Fsp3) is 0.576. The normalized spacial score (nSPS) is 33.1. The number of rotatable bonds is 9. The van der Waals surface area contributed by atoms with Crippen LogP contribution in [0.25, 0.3) is 11.1 Å². The summed E-state index contributed by atoms with van der Waals surface area (Å²) in [4.78, 5) is 25.6.